The molecule has 2 rings (SSSR count). The monoisotopic (exact) mass is 461 g/mol. The van der Waals surface area contributed by atoms with Crippen molar-refractivity contribution in [2.75, 3.05) is 0 Å². The summed E-state index contributed by atoms with van der Waals surface area (Å²) in [6.45, 7) is 0. The first-order valence-electron chi connectivity index (χ1n) is 6.67. The average Bonchev–Trinajstić information content (AvgIpc) is 2.50. The minimum Gasteiger partial charge on any atom is -0.464 e. The standard InChI is InChI=1S/C12H4F9NO6S/c13-10(14,15)9(11(16,17)18)4-8(28-29(25,26)12(19,20)21)6-3-5(22(23)24)1-2-7(6)27-9/h1-4H. The summed E-state index contributed by atoms with van der Waals surface area (Å²) in [6.07, 6.45) is -13.8. The number of benzene rings is 1. The van der Waals surface area contributed by atoms with Crippen LogP contribution < -0.4 is 4.74 Å². The highest BCUT2D eigenvalue weighted by Crippen LogP contribution is 2.52. The Morgan fingerprint density at radius 3 is 1.93 bits per heavy atom. The number of nitro benzene ring substituents is 1. The first-order valence-corrected chi connectivity index (χ1v) is 8.08. The van der Waals surface area contributed by atoms with Gasteiger partial charge in [0.25, 0.3) is 5.69 Å². The van der Waals surface area contributed by atoms with Gasteiger partial charge in [0.05, 0.1) is 10.5 Å². The molecule has 1 aromatic rings. The predicted octanol–water partition coefficient (Wildman–Crippen LogP) is 4.06. The van der Waals surface area contributed by atoms with Crippen molar-refractivity contribution in [3.63, 3.8) is 0 Å². The molecule has 1 aliphatic heterocycles. The van der Waals surface area contributed by atoms with Crippen molar-refractivity contribution in [2.45, 2.75) is 23.5 Å². The summed E-state index contributed by atoms with van der Waals surface area (Å²) in [5, 5.41) is 10.7. The number of hydrogen-bond acceptors (Lipinski definition) is 6. The van der Waals surface area contributed by atoms with Gasteiger partial charge < -0.3 is 8.92 Å². The lowest BCUT2D eigenvalue weighted by atomic mass is 9.95. The van der Waals surface area contributed by atoms with Crippen LogP contribution in [0.2, 0.25) is 0 Å². The number of alkyl halides is 9. The highest BCUT2D eigenvalue weighted by Gasteiger charge is 2.74. The quantitative estimate of drug-likeness (QED) is 0.222. The molecule has 0 N–H and O–H groups in total. The predicted molar refractivity (Wildman–Crippen MR) is 72.6 cm³/mol. The Morgan fingerprint density at radius 1 is 1.00 bits per heavy atom. The molecular formula is C12H4F9NO6S. The number of hydrogen-bond donors (Lipinski definition) is 0. The van der Waals surface area contributed by atoms with E-state index in [-0.39, 0.29) is 12.1 Å². The van der Waals surface area contributed by atoms with Gasteiger partial charge in [-0.25, -0.2) is 0 Å². The molecule has 1 aromatic carbocycles. The SMILES string of the molecule is O=[N+]([O-])c1ccc2c(c1)C(OS(=O)(=O)C(F)(F)F)=CC(C(F)(F)F)(C(F)(F)F)O2. The van der Waals surface area contributed by atoms with E-state index in [9.17, 15) is 58.0 Å². The highest BCUT2D eigenvalue weighted by molar-refractivity contribution is 7.87. The van der Waals surface area contributed by atoms with Crippen LogP contribution in [0.1, 0.15) is 5.56 Å². The van der Waals surface area contributed by atoms with Crippen LogP contribution in [0.3, 0.4) is 0 Å². The molecule has 1 heterocycles. The molecule has 1 aliphatic rings. The zero-order valence-corrected chi connectivity index (χ0v) is 13.8. The molecule has 0 fully saturated rings. The van der Waals surface area contributed by atoms with E-state index in [4.69, 9.17) is 0 Å². The molecule has 0 saturated carbocycles. The van der Waals surface area contributed by atoms with Crippen LogP contribution >= 0.6 is 0 Å². The molecule has 0 amide bonds. The summed E-state index contributed by atoms with van der Waals surface area (Å²) in [6, 6.07) is 0.789. The fourth-order valence-electron chi connectivity index (χ4n) is 2.05. The second-order valence-electron chi connectivity index (χ2n) is 5.26. The fourth-order valence-corrected chi connectivity index (χ4v) is 2.52. The summed E-state index contributed by atoms with van der Waals surface area (Å²) in [4.78, 5) is 9.53. The topological polar surface area (TPSA) is 95.7 Å². The molecule has 0 atom stereocenters. The van der Waals surface area contributed by atoms with Crippen molar-refractivity contribution in [3.8, 4) is 5.75 Å². The molecule has 0 radical (unpaired) electrons. The Kier molecular flexibility index (Phi) is 4.98. The van der Waals surface area contributed by atoms with Crippen molar-refractivity contribution in [1.29, 1.82) is 0 Å². The minimum absolute atomic E-state index is 0.184. The summed E-state index contributed by atoms with van der Waals surface area (Å²) in [7, 11) is -6.74. The molecule has 17 heteroatoms. The maximum absolute atomic E-state index is 13.2. The van der Waals surface area contributed by atoms with Crippen molar-refractivity contribution in [3.05, 3.63) is 40.0 Å². The van der Waals surface area contributed by atoms with Crippen molar-refractivity contribution < 1.29 is 61.8 Å². The van der Waals surface area contributed by atoms with Gasteiger partial charge in [0, 0.05) is 18.2 Å². The van der Waals surface area contributed by atoms with E-state index >= 15 is 0 Å². The number of non-ortho nitro benzene ring substituents is 1. The molecule has 0 aliphatic carbocycles. The molecule has 0 bridgehead atoms. The molecule has 7 nitrogen and oxygen atoms in total. The molecule has 0 aromatic heterocycles. The average molecular weight is 461 g/mol. The van der Waals surface area contributed by atoms with Crippen molar-refractivity contribution in [1.82, 2.24) is 0 Å². The Bertz CT molecular complexity index is 963. The summed E-state index contributed by atoms with van der Waals surface area (Å²) < 4.78 is 146. The maximum atomic E-state index is 13.2. The Balaban J connectivity index is 2.84. The third-order valence-electron chi connectivity index (χ3n) is 3.37. The lowest BCUT2D eigenvalue weighted by Gasteiger charge is -2.38. The normalized spacial score (nSPS) is 17.1. The number of fused-ring (bicyclic) bond motifs is 1. The lowest BCUT2D eigenvalue weighted by Crippen LogP contribution is -2.60. The van der Waals surface area contributed by atoms with Crippen LogP contribution in [0.5, 0.6) is 5.75 Å². The fraction of sp³-hybridized carbons (Fsp3) is 0.333. The molecule has 0 saturated heterocycles. The maximum Gasteiger partial charge on any atom is 0.534 e. The summed E-state index contributed by atoms with van der Waals surface area (Å²) in [5.74, 6) is -3.57. The number of rotatable bonds is 3. The van der Waals surface area contributed by atoms with E-state index < -0.39 is 67.3 Å². The largest absolute Gasteiger partial charge is 0.534 e. The Hall–Kier alpha value is -2.72. The number of nitro groups is 1. The van der Waals surface area contributed by atoms with Crippen LogP contribution in [0.15, 0.2) is 24.3 Å². The third-order valence-corrected chi connectivity index (χ3v) is 4.34. The first-order chi connectivity index (χ1) is 12.8. The van der Waals surface area contributed by atoms with E-state index in [1.54, 1.807) is 0 Å². The van der Waals surface area contributed by atoms with Gasteiger partial charge in [-0.15, -0.1) is 0 Å². The van der Waals surface area contributed by atoms with Crippen molar-refractivity contribution in [2.24, 2.45) is 0 Å². The smallest absolute Gasteiger partial charge is 0.464 e. The van der Waals surface area contributed by atoms with Crippen LogP contribution in [-0.4, -0.2) is 36.8 Å². The minimum atomic E-state index is -6.74. The number of ether oxygens (including phenoxy) is 1. The van der Waals surface area contributed by atoms with Crippen molar-refractivity contribution >= 4 is 21.6 Å². The van der Waals surface area contributed by atoms with Crippen LogP contribution in [-0.2, 0) is 14.3 Å². The zero-order chi connectivity index (χ0) is 22.6. The Morgan fingerprint density at radius 2 is 1.52 bits per heavy atom. The lowest BCUT2D eigenvalue weighted by molar-refractivity contribution is -0.385. The van der Waals surface area contributed by atoms with Gasteiger partial charge in [-0.05, 0) is 6.07 Å². The first kappa shape index (κ1) is 22.6. The molecular weight excluding hydrogens is 457 g/mol. The summed E-state index contributed by atoms with van der Waals surface area (Å²) in [5.41, 5.74) is -13.8. The van der Waals surface area contributed by atoms with E-state index in [1.165, 1.54) is 0 Å². The van der Waals surface area contributed by atoms with E-state index in [0.717, 1.165) is 0 Å². The van der Waals surface area contributed by atoms with Gasteiger partial charge in [0.2, 0.25) is 0 Å². The Labute approximate surface area is 153 Å². The summed E-state index contributed by atoms with van der Waals surface area (Å²) >= 11 is 0. The number of halogens is 9. The van der Waals surface area contributed by atoms with Gasteiger partial charge in [-0.2, -0.15) is 47.9 Å². The second-order valence-corrected chi connectivity index (χ2v) is 6.80. The third kappa shape index (κ3) is 3.77. The second kappa shape index (κ2) is 6.39. The van der Waals surface area contributed by atoms with Crippen LogP contribution in [0.25, 0.3) is 5.76 Å². The van der Waals surface area contributed by atoms with Gasteiger partial charge in [-0.3, -0.25) is 10.1 Å². The van der Waals surface area contributed by atoms with Gasteiger partial charge in [-0.1, -0.05) is 0 Å². The van der Waals surface area contributed by atoms with E-state index in [0.29, 0.717) is 6.07 Å². The van der Waals surface area contributed by atoms with E-state index in [2.05, 4.69) is 8.92 Å². The molecule has 162 valence electrons. The van der Waals surface area contributed by atoms with Crippen LogP contribution in [0, 0.1) is 10.1 Å². The molecule has 0 unspecified atom stereocenters. The van der Waals surface area contributed by atoms with Gasteiger partial charge >= 0.3 is 33.6 Å². The van der Waals surface area contributed by atoms with E-state index in [1.807, 2.05) is 0 Å². The highest BCUT2D eigenvalue weighted by atomic mass is 32.2. The van der Waals surface area contributed by atoms with Gasteiger partial charge in [0.15, 0.2) is 5.76 Å². The molecule has 29 heavy (non-hydrogen) atoms. The van der Waals surface area contributed by atoms with Crippen LogP contribution in [0.4, 0.5) is 45.2 Å². The number of nitrogens with zero attached hydrogens (tertiary/aromatic N) is 1. The zero-order valence-electron chi connectivity index (χ0n) is 13.0. The molecule has 0 spiro atoms. The van der Waals surface area contributed by atoms with Gasteiger partial charge in [0.1, 0.15) is 5.75 Å².